The van der Waals surface area contributed by atoms with Crippen LogP contribution in [0, 0.1) is 0 Å². The van der Waals surface area contributed by atoms with Gasteiger partial charge in [0.15, 0.2) is 6.61 Å². The van der Waals surface area contributed by atoms with E-state index in [1.165, 1.54) is 12.1 Å². The molecule has 7 heteroatoms. The predicted molar refractivity (Wildman–Crippen MR) is 63.1 cm³/mol. The average Bonchev–Trinajstić information content (AvgIpc) is 2.35. The van der Waals surface area contributed by atoms with Crippen LogP contribution >= 0.6 is 0 Å². The third kappa shape index (κ3) is 3.97. The van der Waals surface area contributed by atoms with E-state index in [4.69, 9.17) is 0 Å². The molecule has 0 bridgehead atoms. The lowest BCUT2D eigenvalue weighted by atomic mass is 9.89. The molecule has 108 valence electrons. The Hall–Kier alpha value is -2.05. The van der Waals surface area contributed by atoms with Crippen molar-refractivity contribution in [2.45, 2.75) is 24.9 Å². The number of amides is 2. The van der Waals surface area contributed by atoms with Gasteiger partial charge in [-0.15, -0.1) is 0 Å². The summed E-state index contributed by atoms with van der Waals surface area (Å²) >= 11 is 0. The minimum Gasteiger partial charge on any atom is -0.484 e. The van der Waals surface area contributed by atoms with Crippen LogP contribution in [0.15, 0.2) is 24.3 Å². The minimum absolute atomic E-state index is 0.0951. The van der Waals surface area contributed by atoms with Gasteiger partial charge in [-0.2, -0.15) is 13.2 Å². The Kier molecular flexibility index (Phi) is 3.96. The number of halogens is 3. The standard InChI is InChI=1S/C13H12F3NO3/c14-13(15,16)7-20-10-3-1-8(2-4-10)9-5-11(18)17-12(19)6-9/h1-4,9H,5-7H2,(H,17,18,19). The molecule has 20 heavy (non-hydrogen) atoms. The van der Waals surface area contributed by atoms with Crippen LogP contribution < -0.4 is 10.1 Å². The molecule has 2 rings (SSSR count). The molecule has 0 spiro atoms. The van der Waals surface area contributed by atoms with Crippen molar-refractivity contribution in [1.29, 1.82) is 0 Å². The van der Waals surface area contributed by atoms with Crippen LogP contribution in [0.4, 0.5) is 13.2 Å². The molecule has 0 atom stereocenters. The zero-order chi connectivity index (χ0) is 14.8. The Bertz CT molecular complexity index is 495. The van der Waals surface area contributed by atoms with Gasteiger partial charge < -0.3 is 4.74 Å². The molecular formula is C13H12F3NO3. The maximum absolute atomic E-state index is 12.0. The first kappa shape index (κ1) is 14.4. The largest absolute Gasteiger partial charge is 0.484 e. The summed E-state index contributed by atoms with van der Waals surface area (Å²) < 4.78 is 40.6. The second kappa shape index (κ2) is 5.52. The maximum Gasteiger partial charge on any atom is 0.422 e. The van der Waals surface area contributed by atoms with E-state index in [-0.39, 0.29) is 36.3 Å². The molecule has 0 unspecified atom stereocenters. The zero-order valence-electron chi connectivity index (χ0n) is 10.4. The summed E-state index contributed by atoms with van der Waals surface area (Å²) in [6.07, 6.45) is -4.00. The van der Waals surface area contributed by atoms with Crippen LogP contribution in [0.1, 0.15) is 24.3 Å². The highest BCUT2D eigenvalue weighted by Crippen LogP contribution is 2.28. The number of benzene rings is 1. The average molecular weight is 287 g/mol. The van der Waals surface area contributed by atoms with Gasteiger partial charge in [-0.05, 0) is 17.7 Å². The molecule has 0 aliphatic carbocycles. The number of carbonyl (C=O) groups excluding carboxylic acids is 2. The molecule has 4 nitrogen and oxygen atoms in total. The fraction of sp³-hybridized carbons (Fsp3) is 0.385. The van der Waals surface area contributed by atoms with Crippen molar-refractivity contribution < 1.29 is 27.5 Å². The number of imide groups is 1. The number of hydrogen-bond acceptors (Lipinski definition) is 3. The van der Waals surface area contributed by atoms with Gasteiger partial charge in [0.1, 0.15) is 5.75 Å². The summed E-state index contributed by atoms with van der Waals surface area (Å²) in [7, 11) is 0. The number of rotatable bonds is 3. The first-order chi connectivity index (χ1) is 9.33. The molecular weight excluding hydrogens is 275 g/mol. The van der Waals surface area contributed by atoms with E-state index in [1.54, 1.807) is 12.1 Å². The van der Waals surface area contributed by atoms with Gasteiger partial charge in [0.25, 0.3) is 0 Å². The first-order valence-electron chi connectivity index (χ1n) is 5.96. The quantitative estimate of drug-likeness (QED) is 0.867. The highest BCUT2D eigenvalue weighted by Gasteiger charge is 2.29. The fourth-order valence-corrected chi connectivity index (χ4v) is 2.01. The molecule has 1 aliphatic heterocycles. The Morgan fingerprint density at radius 2 is 1.65 bits per heavy atom. The monoisotopic (exact) mass is 287 g/mol. The highest BCUT2D eigenvalue weighted by molar-refractivity contribution is 5.98. The van der Waals surface area contributed by atoms with E-state index in [9.17, 15) is 22.8 Å². The van der Waals surface area contributed by atoms with Crippen LogP contribution in [-0.2, 0) is 9.59 Å². The van der Waals surface area contributed by atoms with Crippen molar-refractivity contribution in [2.24, 2.45) is 0 Å². The van der Waals surface area contributed by atoms with Crippen molar-refractivity contribution in [3.63, 3.8) is 0 Å². The molecule has 0 aromatic heterocycles. The van der Waals surface area contributed by atoms with E-state index in [0.717, 1.165) is 5.56 Å². The van der Waals surface area contributed by atoms with Crippen LogP contribution in [0.5, 0.6) is 5.75 Å². The lowest BCUT2D eigenvalue weighted by molar-refractivity contribution is -0.153. The van der Waals surface area contributed by atoms with Gasteiger partial charge in [-0.1, -0.05) is 12.1 Å². The molecule has 1 heterocycles. The number of alkyl halides is 3. The molecule has 0 saturated carbocycles. The Morgan fingerprint density at radius 3 is 2.15 bits per heavy atom. The van der Waals surface area contributed by atoms with Gasteiger partial charge in [-0.3, -0.25) is 14.9 Å². The lowest BCUT2D eigenvalue weighted by Crippen LogP contribution is -2.37. The van der Waals surface area contributed by atoms with E-state index in [1.807, 2.05) is 0 Å². The van der Waals surface area contributed by atoms with Crippen molar-refractivity contribution in [2.75, 3.05) is 6.61 Å². The normalized spacial score (nSPS) is 16.9. The molecule has 1 saturated heterocycles. The fourth-order valence-electron chi connectivity index (χ4n) is 2.01. The molecule has 0 radical (unpaired) electrons. The molecule has 1 fully saturated rings. The van der Waals surface area contributed by atoms with Crippen LogP contribution in [0.25, 0.3) is 0 Å². The summed E-state index contributed by atoms with van der Waals surface area (Å²) in [6.45, 7) is -1.35. The maximum atomic E-state index is 12.0. The van der Waals surface area contributed by atoms with Gasteiger partial charge in [-0.25, -0.2) is 0 Å². The summed E-state index contributed by atoms with van der Waals surface area (Å²) in [6, 6.07) is 5.95. The Morgan fingerprint density at radius 1 is 1.10 bits per heavy atom. The molecule has 1 aromatic carbocycles. The number of nitrogens with one attached hydrogen (secondary N) is 1. The summed E-state index contributed by atoms with van der Waals surface area (Å²) in [4.78, 5) is 22.5. The number of carbonyl (C=O) groups is 2. The van der Waals surface area contributed by atoms with Crippen LogP contribution in [0.2, 0.25) is 0 Å². The Labute approximate surface area is 112 Å². The third-order valence-corrected chi connectivity index (χ3v) is 2.90. The molecule has 1 N–H and O–H groups in total. The van der Waals surface area contributed by atoms with Crippen molar-refractivity contribution in [3.05, 3.63) is 29.8 Å². The number of piperidine rings is 1. The van der Waals surface area contributed by atoms with E-state index in [2.05, 4.69) is 10.1 Å². The van der Waals surface area contributed by atoms with Gasteiger partial charge >= 0.3 is 6.18 Å². The van der Waals surface area contributed by atoms with E-state index < -0.39 is 12.8 Å². The summed E-state index contributed by atoms with van der Waals surface area (Å²) in [5.41, 5.74) is 0.729. The number of hydrogen-bond donors (Lipinski definition) is 1. The highest BCUT2D eigenvalue weighted by atomic mass is 19.4. The van der Waals surface area contributed by atoms with E-state index >= 15 is 0 Å². The topological polar surface area (TPSA) is 55.4 Å². The van der Waals surface area contributed by atoms with Gasteiger partial charge in [0.05, 0.1) is 0 Å². The summed E-state index contributed by atoms with van der Waals surface area (Å²) in [5.74, 6) is -0.835. The van der Waals surface area contributed by atoms with Gasteiger partial charge in [0, 0.05) is 18.8 Å². The molecule has 1 aromatic rings. The predicted octanol–water partition coefficient (Wildman–Crippen LogP) is 2.15. The summed E-state index contributed by atoms with van der Waals surface area (Å²) in [5, 5.41) is 2.20. The second-order valence-electron chi connectivity index (χ2n) is 4.55. The third-order valence-electron chi connectivity index (χ3n) is 2.90. The lowest BCUT2D eigenvalue weighted by Gasteiger charge is -2.21. The van der Waals surface area contributed by atoms with Gasteiger partial charge in [0.2, 0.25) is 11.8 Å². The van der Waals surface area contributed by atoms with Crippen molar-refractivity contribution >= 4 is 11.8 Å². The second-order valence-corrected chi connectivity index (χ2v) is 4.55. The SMILES string of the molecule is O=C1CC(c2ccc(OCC(F)(F)F)cc2)CC(=O)N1. The van der Waals surface area contributed by atoms with Crippen molar-refractivity contribution in [1.82, 2.24) is 5.32 Å². The Balaban J connectivity index is 2.01. The van der Waals surface area contributed by atoms with Crippen LogP contribution in [-0.4, -0.2) is 24.6 Å². The molecule has 1 aliphatic rings. The first-order valence-corrected chi connectivity index (χ1v) is 5.96. The van der Waals surface area contributed by atoms with Crippen LogP contribution in [0.3, 0.4) is 0 Å². The number of ether oxygens (including phenoxy) is 1. The van der Waals surface area contributed by atoms with E-state index in [0.29, 0.717) is 0 Å². The molecule has 2 amide bonds. The minimum atomic E-state index is -4.38. The zero-order valence-corrected chi connectivity index (χ0v) is 10.4. The smallest absolute Gasteiger partial charge is 0.422 e. The van der Waals surface area contributed by atoms with Crippen molar-refractivity contribution in [3.8, 4) is 5.75 Å².